The number of hydrogen-bond donors (Lipinski definition) is 2. The van der Waals surface area contributed by atoms with Gasteiger partial charge in [0.25, 0.3) is 5.56 Å². The van der Waals surface area contributed by atoms with Gasteiger partial charge in [0.15, 0.2) is 0 Å². The maximum atomic E-state index is 13.4. The fraction of sp³-hybridized carbons (Fsp3) is 0.320. The Morgan fingerprint density at radius 2 is 1.83 bits per heavy atom. The molecule has 2 N–H and O–H groups in total. The number of pyridine rings is 1. The van der Waals surface area contributed by atoms with Gasteiger partial charge >= 0.3 is 12.1 Å². The van der Waals surface area contributed by atoms with Crippen LogP contribution in [0.25, 0.3) is 22.0 Å². The smallest absolute Gasteiger partial charge is 0.417 e. The molecule has 2 heterocycles. The first kappa shape index (κ1) is 27.2. The number of likely N-dealkylation sites (N-methyl/N-ethyl adjacent to an activating group) is 1. The van der Waals surface area contributed by atoms with Crippen LogP contribution in [0, 0.1) is 0 Å². The number of carbonyl (C=O) groups excluding carboxylic acids is 2. The van der Waals surface area contributed by atoms with E-state index in [2.05, 4.69) is 10.3 Å². The van der Waals surface area contributed by atoms with E-state index < -0.39 is 29.2 Å². The molecule has 2 atom stereocenters. The molecule has 0 radical (unpaired) electrons. The van der Waals surface area contributed by atoms with E-state index in [1.54, 1.807) is 37.2 Å². The summed E-state index contributed by atoms with van der Waals surface area (Å²) in [7, 11) is 3.49. The third-order valence-corrected chi connectivity index (χ3v) is 5.87. The Morgan fingerprint density at radius 1 is 1.11 bits per heavy atom. The molecule has 36 heavy (non-hydrogen) atoms. The highest BCUT2D eigenvalue weighted by molar-refractivity contribution is 5.90. The van der Waals surface area contributed by atoms with Crippen LogP contribution < -0.4 is 10.9 Å². The van der Waals surface area contributed by atoms with Crippen LogP contribution in [0.3, 0.4) is 0 Å². The Balaban J connectivity index is 0.00000361. The van der Waals surface area contributed by atoms with Crippen LogP contribution in [0.15, 0.2) is 53.3 Å². The number of esters is 1. The summed E-state index contributed by atoms with van der Waals surface area (Å²) in [6, 6.07) is 11.1. The normalized spacial score (nSPS) is 17.7. The van der Waals surface area contributed by atoms with Gasteiger partial charge in [-0.25, -0.2) is 0 Å². The highest BCUT2D eigenvalue weighted by Crippen LogP contribution is 2.37. The van der Waals surface area contributed by atoms with Gasteiger partial charge in [0.2, 0.25) is 5.91 Å². The molecule has 1 aliphatic heterocycles. The van der Waals surface area contributed by atoms with Crippen molar-refractivity contribution >= 4 is 35.1 Å². The van der Waals surface area contributed by atoms with Crippen molar-refractivity contribution in [1.82, 2.24) is 15.2 Å². The number of hydrogen-bond acceptors (Lipinski definition) is 5. The van der Waals surface area contributed by atoms with E-state index in [4.69, 9.17) is 4.74 Å². The molecule has 3 aromatic rings. The predicted octanol–water partition coefficient (Wildman–Crippen LogP) is 3.71. The zero-order valence-corrected chi connectivity index (χ0v) is 20.3. The van der Waals surface area contributed by atoms with Crippen LogP contribution in [0.1, 0.15) is 23.5 Å². The number of benzene rings is 2. The lowest BCUT2D eigenvalue weighted by atomic mass is 9.93. The highest BCUT2D eigenvalue weighted by Gasteiger charge is 2.35. The summed E-state index contributed by atoms with van der Waals surface area (Å²) in [5.41, 5.74) is -0.854. The number of aromatic nitrogens is 1. The van der Waals surface area contributed by atoms with Crippen LogP contribution in [-0.4, -0.2) is 55.0 Å². The minimum atomic E-state index is -4.57. The summed E-state index contributed by atoms with van der Waals surface area (Å²) < 4.78 is 45.5. The van der Waals surface area contributed by atoms with Gasteiger partial charge < -0.3 is 15.0 Å². The average Bonchev–Trinajstić information content (AvgIpc) is 3.17. The number of rotatable bonds is 6. The first-order valence-corrected chi connectivity index (χ1v) is 11.0. The Kier molecular flexibility index (Phi) is 8.10. The Bertz CT molecular complexity index is 1340. The van der Waals surface area contributed by atoms with Gasteiger partial charge in [-0.2, -0.15) is 13.2 Å². The van der Waals surface area contributed by atoms with Crippen LogP contribution in [-0.2, 0) is 20.5 Å². The number of amides is 1. The minimum absolute atomic E-state index is 0. The largest absolute Gasteiger partial charge is 0.463 e. The minimum Gasteiger partial charge on any atom is -0.463 e. The molecule has 0 aliphatic carbocycles. The number of fused-ring (bicyclic) bond motifs is 1. The fourth-order valence-corrected chi connectivity index (χ4v) is 4.25. The lowest BCUT2D eigenvalue weighted by Crippen LogP contribution is -2.33. The standard InChI is InChI=1S/C25H24F3N3O4.ClH/c1-31(2)12-22(32)35-13-16-11-19(23(33)29-16)14-7-8-15-10-21(30-24(34)18(15)9-14)17-5-3-4-6-20(17)25(26,27)28;/h3-10,16,19H,11-13H2,1-2H3,(H,29,33)(H,30,34);1H/t16?,19-;/m1./s1. The summed E-state index contributed by atoms with van der Waals surface area (Å²) in [6.07, 6.45) is -4.19. The molecule has 1 aliphatic rings. The quantitative estimate of drug-likeness (QED) is 0.481. The van der Waals surface area contributed by atoms with E-state index in [0.717, 1.165) is 6.07 Å². The van der Waals surface area contributed by atoms with Crippen LogP contribution in [0.2, 0.25) is 0 Å². The topological polar surface area (TPSA) is 91.5 Å². The van der Waals surface area contributed by atoms with Crippen molar-refractivity contribution < 1.29 is 27.5 Å². The molecule has 7 nitrogen and oxygen atoms in total. The first-order valence-electron chi connectivity index (χ1n) is 11.0. The van der Waals surface area contributed by atoms with Crippen molar-refractivity contribution in [2.75, 3.05) is 27.2 Å². The van der Waals surface area contributed by atoms with Crippen molar-refractivity contribution in [2.45, 2.75) is 24.6 Å². The summed E-state index contributed by atoms with van der Waals surface area (Å²) in [4.78, 5) is 41.3. The molecular weight excluding hydrogens is 499 g/mol. The van der Waals surface area contributed by atoms with E-state index in [1.807, 2.05) is 0 Å². The average molecular weight is 524 g/mol. The van der Waals surface area contributed by atoms with Gasteiger partial charge in [-0.15, -0.1) is 12.4 Å². The van der Waals surface area contributed by atoms with Crippen LogP contribution >= 0.6 is 12.4 Å². The lowest BCUT2D eigenvalue weighted by Gasteiger charge is -2.14. The summed E-state index contributed by atoms with van der Waals surface area (Å²) in [5, 5.41) is 3.53. The second-order valence-corrected chi connectivity index (χ2v) is 8.82. The molecule has 11 heteroatoms. The molecule has 2 aromatic carbocycles. The van der Waals surface area contributed by atoms with Gasteiger partial charge in [-0.1, -0.05) is 30.3 Å². The summed E-state index contributed by atoms with van der Waals surface area (Å²) in [5.74, 6) is -1.18. The molecule has 1 aromatic heterocycles. The van der Waals surface area contributed by atoms with Gasteiger partial charge in [-0.05, 0) is 49.7 Å². The summed E-state index contributed by atoms with van der Waals surface area (Å²) in [6.45, 7) is 0.179. The fourth-order valence-electron chi connectivity index (χ4n) is 4.25. The highest BCUT2D eigenvalue weighted by atomic mass is 35.5. The van der Waals surface area contributed by atoms with E-state index >= 15 is 0 Å². The Labute approximate surface area is 211 Å². The second kappa shape index (κ2) is 10.7. The number of aromatic amines is 1. The zero-order chi connectivity index (χ0) is 25.3. The summed E-state index contributed by atoms with van der Waals surface area (Å²) >= 11 is 0. The molecule has 0 saturated carbocycles. The molecule has 1 fully saturated rings. The molecule has 4 rings (SSSR count). The van der Waals surface area contributed by atoms with E-state index in [9.17, 15) is 27.6 Å². The molecule has 0 bridgehead atoms. The zero-order valence-electron chi connectivity index (χ0n) is 19.5. The molecule has 1 saturated heterocycles. The predicted molar refractivity (Wildman–Crippen MR) is 131 cm³/mol. The second-order valence-electron chi connectivity index (χ2n) is 8.82. The number of halogens is 4. The van der Waals surface area contributed by atoms with Crippen molar-refractivity contribution in [3.05, 3.63) is 70.0 Å². The first-order chi connectivity index (χ1) is 16.5. The monoisotopic (exact) mass is 523 g/mol. The molecule has 1 amide bonds. The molecule has 1 unspecified atom stereocenters. The van der Waals surface area contributed by atoms with Crippen molar-refractivity contribution in [2.24, 2.45) is 0 Å². The van der Waals surface area contributed by atoms with Gasteiger partial charge in [-0.3, -0.25) is 19.3 Å². The number of ether oxygens (including phenoxy) is 1. The molecule has 192 valence electrons. The van der Waals surface area contributed by atoms with Crippen molar-refractivity contribution in [1.29, 1.82) is 0 Å². The number of alkyl halides is 3. The Hall–Kier alpha value is -3.37. The van der Waals surface area contributed by atoms with Gasteiger partial charge in [0, 0.05) is 16.6 Å². The van der Waals surface area contributed by atoms with Crippen LogP contribution in [0.4, 0.5) is 13.2 Å². The number of nitrogens with one attached hydrogen (secondary N) is 2. The third-order valence-electron chi connectivity index (χ3n) is 5.87. The maximum absolute atomic E-state index is 13.4. The molecular formula is C25H25ClF3N3O4. The van der Waals surface area contributed by atoms with Crippen molar-refractivity contribution in [3.63, 3.8) is 0 Å². The molecule has 0 spiro atoms. The number of H-pyrrole nitrogens is 1. The SMILES string of the molecule is CN(C)CC(=O)OCC1C[C@H](c2ccc3cc(-c4ccccc4C(F)(F)F)[nH]c(=O)c3c2)C(=O)N1.Cl. The van der Waals surface area contributed by atoms with E-state index in [0.29, 0.717) is 17.4 Å². The third kappa shape index (κ3) is 5.88. The van der Waals surface area contributed by atoms with Gasteiger partial charge in [0.1, 0.15) is 6.61 Å². The number of nitrogens with zero attached hydrogens (tertiary/aromatic N) is 1. The Morgan fingerprint density at radius 3 is 2.53 bits per heavy atom. The van der Waals surface area contributed by atoms with E-state index in [-0.39, 0.29) is 54.2 Å². The van der Waals surface area contributed by atoms with Crippen LogP contribution in [0.5, 0.6) is 0 Å². The maximum Gasteiger partial charge on any atom is 0.417 e. The lowest BCUT2D eigenvalue weighted by molar-refractivity contribution is -0.145. The number of carbonyl (C=O) groups is 2. The van der Waals surface area contributed by atoms with Crippen molar-refractivity contribution in [3.8, 4) is 11.3 Å². The van der Waals surface area contributed by atoms with Gasteiger partial charge in [0.05, 0.1) is 24.1 Å². The van der Waals surface area contributed by atoms with E-state index in [1.165, 1.54) is 24.3 Å².